The number of carbonyl (C=O) groups is 1. The van der Waals surface area contributed by atoms with Gasteiger partial charge in [0.2, 0.25) is 0 Å². The van der Waals surface area contributed by atoms with Crippen molar-refractivity contribution in [3.63, 3.8) is 0 Å². The molecule has 0 aromatic heterocycles. The largest absolute Gasteiger partial charge is 0.416 e. The number of hydrogen-bond acceptors (Lipinski definition) is 2. The number of carbonyl (C=O) groups excluding carboxylic acids is 1. The minimum absolute atomic E-state index is 0.000715. The molecule has 0 aliphatic rings. The molecule has 1 amide bonds. The van der Waals surface area contributed by atoms with Crippen LogP contribution in [0.4, 0.5) is 18.9 Å². The van der Waals surface area contributed by atoms with Crippen molar-refractivity contribution in [3.8, 4) is 0 Å². The number of halogens is 3. The first-order valence-electron chi connectivity index (χ1n) is 6.78. The van der Waals surface area contributed by atoms with Gasteiger partial charge in [0, 0.05) is 19.3 Å². The molecular weight excluding hydrogens is 281 g/mol. The van der Waals surface area contributed by atoms with E-state index in [1.54, 1.807) is 7.05 Å². The van der Waals surface area contributed by atoms with E-state index in [0.717, 1.165) is 18.6 Å². The Bertz CT molecular complexity index is 510. The maximum Gasteiger partial charge on any atom is 0.416 e. The Morgan fingerprint density at radius 3 is 2.33 bits per heavy atom. The van der Waals surface area contributed by atoms with E-state index in [2.05, 4.69) is 10.6 Å². The zero-order valence-corrected chi connectivity index (χ0v) is 12.7. The van der Waals surface area contributed by atoms with E-state index in [0.29, 0.717) is 12.2 Å². The molecule has 1 aromatic carbocycles. The van der Waals surface area contributed by atoms with Crippen LogP contribution in [0.2, 0.25) is 0 Å². The summed E-state index contributed by atoms with van der Waals surface area (Å²) >= 11 is 0. The van der Waals surface area contributed by atoms with Crippen molar-refractivity contribution in [3.05, 3.63) is 29.3 Å². The van der Waals surface area contributed by atoms with Crippen molar-refractivity contribution >= 4 is 11.6 Å². The average Bonchev–Trinajstić information content (AvgIpc) is 2.43. The predicted octanol–water partition coefficient (Wildman–Crippen LogP) is 3.91. The van der Waals surface area contributed by atoms with Gasteiger partial charge >= 0.3 is 6.18 Å². The average molecular weight is 302 g/mol. The zero-order valence-electron chi connectivity index (χ0n) is 12.7. The summed E-state index contributed by atoms with van der Waals surface area (Å²) in [6.07, 6.45) is -3.61. The molecule has 3 nitrogen and oxygen atoms in total. The quantitative estimate of drug-likeness (QED) is 0.865. The highest BCUT2D eigenvalue weighted by Gasteiger charge is 2.31. The molecule has 21 heavy (non-hydrogen) atoms. The molecule has 118 valence electrons. The molecule has 0 atom stereocenters. The molecule has 6 heteroatoms. The Morgan fingerprint density at radius 1 is 1.24 bits per heavy atom. The van der Waals surface area contributed by atoms with Crippen LogP contribution in [0.1, 0.15) is 43.1 Å². The standard InChI is InChI=1S/C15H21F3N2O/c1-5-14(2,3)9-20-13(21)11-8-10(15(16,17)18)6-7-12(11)19-4/h6-8,19H,5,9H2,1-4H3,(H,20,21). The highest BCUT2D eigenvalue weighted by Crippen LogP contribution is 2.31. The van der Waals surface area contributed by atoms with Crippen LogP contribution in [-0.2, 0) is 6.18 Å². The van der Waals surface area contributed by atoms with Gasteiger partial charge < -0.3 is 10.6 Å². The zero-order chi connectivity index (χ0) is 16.3. The molecule has 0 saturated carbocycles. The van der Waals surface area contributed by atoms with Crippen molar-refractivity contribution in [1.82, 2.24) is 5.32 Å². The minimum Gasteiger partial charge on any atom is -0.387 e. The molecule has 0 bridgehead atoms. The molecular formula is C15H21F3N2O. The van der Waals surface area contributed by atoms with Crippen LogP contribution in [0.5, 0.6) is 0 Å². The monoisotopic (exact) mass is 302 g/mol. The molecule has 1 aromatic rings. The van der Waals surface area contributed by atoms with Gasteiger partial charge in [-0.15, -0.1) is 0 Å². The Kier molecular flexibility index (Phi) is 5.25. The van der Waals surface area contributed by atoms with E-state index < -0.39 is 17.6 Å². The first kappa shape index (κ1) is 17.3. The molecule has 1 rings (SSSR count). The number of alkyl halides is 3. The summed E-state index contributed by atoms with van der Waals surface area (Å²) < 4.78 is 38.2. The molecule has 0 spiro atoms. The number of hydrogen-bond donors (Lipinski definition) is 2. The van der Waals surface area contributed by atoms with Crippen LogP contribution >= 0.6 is 0 Å². The first-order valence-corrected chi connectivity index (χ1v) is 6.78. The molecule has 0 saturated heterocycles. The number of benzene rings is 1. The predicted molar refractivity (Wildman–Crippen MR) is 77.4 cm³/mol. The van der Waals surface area contributed by atoms with E-state index in [1.807, 2.05) is 20.8 Å². The van der Waals surface area contributed by atoms with Gasteiger partial charge in [0.1, 0.15) is 0 Å². The fourth-order valence-electron chi connectivity index (χ4n) is 1.67. The number of anilines is 1. The van der Waals surface area contributed by atoms with E-state index in [1.165, 1.54) is 6.07 Å². The summed E-state index contributed by atoms with van der Waals surface area (Å²) in [7, 11) is 1.56. The highest BCUT2D eigenvalue weighted by atomic mass is 19.4. The van der Waals surface area contributed by atoms with Crippen LogP contribution in [0.3, 0.4) is 0 Å². The summed E-state index contributed by atoms with van der Waals surface area (Å²) in [5.74, 6) is -0.507. The molecule has 2 N–H and O–H groups in total. The third kappa shape index (κ3) is 4.65. The minimum atomic E-state index is -4.47. The highest BCUT2D eigenvalue weighted by molar-refractivity contribution is 5.99. The maximum absolute atomic E-state index is 12.7. The van der Waals surface area contributed by atoms with Crippen LogP contribution in [0.15, 0.2) is 18.2 Å². The van der Waals surface area contributed by atoms with Gasteiger partial charge in [-0.25, -0.2) is 0 Å². The van der Waals surface area contributed by atoms with Crippen molar-refractivity contribution in [2.24, 2.45) is 5.41 Å². The van der Waals surface area contributed by atoms with Crippen molar-refractivity contribution < 1.29 is 18.0 Å². The summed E-state index contributed by atoms with van der Waals surface area (Å²) in [4.78, 5) is 12.1. The summed E-state index contributed by atoms with van der Waals surface area (Å²) in [6.45, 7) is 6.37. The second-order valence-electron chi connectivity index (χ2n) is 5.71. The molecule has 0 aliphatic carbocycles. The molecule has 0 heterocycles. The number of rotatable bonds is 5. The van der Waals surface area contributed by atoms with Crippen molar-refractivity contribution in [1.29, 1.82) is 0 Å². The van der Waals surface area contributed by atoms with Crippen LogP contribution in [-0.4, -0.2) is 19.5 Å². The van der Waals surface area contributed by atoms with Crippen molar-refractivity contribution in [2.45, 2.75) is 33.4 Å². The molecule has 0 unspecified atom stereocenters. The van der Waals surface area contributed by atoms with E-state index >= 15 is 0 Å². The number of nitrogens with one attached hydrogen (secondary N) is 2. The Balaban J connectivity index is 3.01. The van der Waals surface area contributed by atoms with Gasteiger partial charge in [-0.1, -0.05) is 20.8 Å². The van der Waals surface area contributed by atoms with Crippen molar-refractivity contribution in [2.75, 3.05) is 18.9 Å². The third-order valence-electron chi connectivity index (χ3n) is 3.55. The smallest absolute Gasteiger partial charge is 0.387 e. The van der Waals surface area contributed by atoms with Gasteiger partial charge in [0.25, 0.3) is 5.91 Å². The summed E-state index contributed by atoms with van der Waals surface area (Å²) in [5.41, 5.74) is -0.563. The Morgan fingerprint density at radius 2 is 1.86 bits per heavy atom. The van der Waals surface area contributed by atoms with Gasteiger partial charge in [0.15, 0.2) is 0 Å². The van der Waals surface area contributed by atoms with Crippen LogP contribution in [0.25, 0.3) is 0 Å². The molecule has 0 fully saturated rings. The van der Waals surface area contributed by atoms with E-state index in [9.17, 15) is 18.0 Å². The Labute approximate surface area is 122 Å². The first-order chi connectivity index (χ1) is 9.60. The van der Waals surface area contributed by atoms with Gasteiger partial charge in [-0.2, -0.15) is 13.2 Å². The Hall–Kier alpha value is -1.72. The van der Waals surface area contributed by atoms with Crippen LogP contribution in [0, 0.1) is 5.41 Å². The topological polar surface area (TPSA) is 41.1 Å². The fourth-order valence-corrected chi connectivity index (χ4v) is 1.67. The lowest BCUT2D eigenvalue weighted by Gasteiger charge is -2.23. The number of amides is 1. The summed E-state index contributed by atoms with van der Waals surface area (Å²) in [5, 5.41) is 5.44. The van der Waals surface area contributed by atoms with Gasteiger partial charge in [-0.05, 0) is 30.0 Å². The lowest BCUT2D eigenvalue weighted by Crippen LogP contribution is -2.34. The fraction of sp³-hybridized carbons (Fsp3) is 0.533. The van der Waals surface area contributed by atoms with Gasteiger partial charge in [-0.3, -0.25) is 4.79 Å². The lowest BCUT2D eigenvalue weighted by atomic mass is 9.90. The second kappa shape index (κ2) is 6.37. The second-order valence-corrected chi connectivity index (χ2v) is 5.71. The molecule has 0 radical (unpaired) electrons. The SMILES string of the molecule is CCC(C)(C)CNC(=O)c1cc(C(F)(F)F)ccc1NC. The van der Waals surface area contributed by atoms with E-state index in [-0.39, 0.29) is 11.0 Å². The lowest BCUT2D eigenvalue weighted by molar-refractivity contribution is -0.137. The third-order valence-corrected chi connectivity index (χ3v) is 3.55. The molecule has 0 aliphatic heterocycles. The maximum atomic E-state index is 12.7. The summed E-state index contributed by atoms with van der Waals surface area (Å²) in [6, 6.07) is 3.10. The van der Waals surface area contributed by atoms with Gasteiger partial charge in [0.05, 0.1) is 11.1 Å². The van der Waals surface area contributed by atoms with E-state index in [4.69, 9.17) is 0 Å². The van der Waals surface area contributed by atoms with Crippen LogP contribution < -0.4 is 10.6 Å². The normalized spacial score (nSPS) is 12.1.